The molecular weight excluding hydrogens is 262 g/mol. The second-order valence-electron chi connectivity index (χ2n) is 5.92. The molecule has 0 aromatic carbocycles. The third-order valence-electron chi connectivity index (χ3n) is 4.55. The molecule has 1 saturated carbocycles. The van der Waals surface area contributed by atoms with E-state index in [1.807, 2.05) is 14.0 Å². The zero-order valence-electron chi connectivity index (χ0n) is 12.3. The van der Waals surface area contributed by atoms with Crippen LogP contribution in [0.5, 0.6) is 0 Å². The normalized spacial score (nSPS) is 27.7. The molecule has 1 N–H and O–H groups in total. The van der Waals surface area contributed by atoms with Crippen molar-refractivity contribution in [3.63, 3.8) is 0 Å². The minimum absolute atomic E-state index is 0.109. The van der Waals surface area contributed by atoms with E-state index in [0.717, 1.165) is 25.8 Å². The van der Waals surface area contributed by atoms with Gasteiger partial charge in [-0.25, -0.2) is 0 Å². The number of likely N-dealkylation sites (N-methyl/N-ethyl adjacent to an activating group) is 1. The van der Waals surface area contributed by atoms with Crippen LogP contribution in [-0.4, -0.2) is 56.3 Å². The largest absolute Gasteiger partial charge is 0.318 e. The van der Waals surface area contributed by atoms with Gasteiger partial charge in [-0.3, -0.25) is 0 Å². The van der Waals surface area contributed by atoms with Crippen LogP contribution in [0.25, 0.3) is 0 Å². The third-order valence-corrected chi connectivity index (χ3v) is 6.68. The lowest BCUT2D eigenvalue weighted by Crippen LogP contribution is -2.54. The van der Waals surface area contributed by atoms with Crippen LogP contribution in [0.15, 0.2) is 0 Å². The van der Waals surface area contributed by atoms with Crippen molar-refractivity contribution in [1.29, 1.82) is 0 Å². The van der Waals surface area contributed by atoms with Crippen LogP contribution >= 0.6 is 0 Å². The molecule has 6 heteroatoms. The van der Waals surface area contributed by atoms with Gasteiger partial charge in [0.05, 0.1) is 0 Å². The van der Waals surface area contributed by atoms with Crippen molar-refractivity contribution in [2.75, 3.05) is 27.2 Å². The predicted molar refractivity (Wildman–Crippen MR) is 77.1 cm³/mol. The first-order valence-corrected chi connectivity index (χ1v) is 8.77. The summed E-state index contributed by atoms with van der Waals surface area (Å²) in [6.07, 6.45) is 5.40. The fraction of sp³-hybridized carbons (Fsp3) is 1.00. The van der Waals surface area contributed by atoms with Gasteiger partial charge in [-0.2, -0.15) is 17.0 Å². The molecule has 2 fully saturated rings. The smallest absolute Gasteiger partial charge is 0.282 e. The lowest BCUT2D eigenvalue weighted by Gasteiger charge is -2.38. The Labute approximate surface area is 117 Å². The number of piperidine rings is 1. The maximum absolute atomic E-state index is 12.8. The molecule has 1 aliphatic heterocycles. The predicted octanol–water partition coefficient (Wildman–Crippen LogP) is 1.04. The quantitative estimate of drug-likeness (QED) is 0.795. The molecule has 0 radical (unpaired) electrons. The molecule has 2 unspecified atom stereocenters. The summed E-state index contributed by atoms with van der Waals surface area (Å²) in [6, 6.07) is 0.236. The Balaban J connectivity index is 2.11. The number of nitrogens with one attached hydrogen (secondary N) is 1. The van der Waals surface area contributed by atoms with E-state index < -0.39 is 10.2 Å². The van der Waals surface area contributed by atoms with Gasteiger partial charge >= 0.3 is 0 Å². The molecule has 2 aliphatic rings. The van der Waals surface area contributed by atoms with Crippen molar-refractivity contribution in [1.82, 2.24) is 13.9 Å². The van der Waals surface area contributed by atoms with Gasteiger partial charge in [0.2, 0.25) is 0 Å². The van der Waals surface area contributed by atoms with Gasteiger partial charge in [-0.15, -0.1) is 0 Å². The van der Waals surface area contributed by atoms with E-state index >= 15 is 0 Å². The second-order valence-corrected chi connectivity index (χ2v) is 7.86. The first-order valence-electron chi connectivity index (χ1n) is 7.38. The van der Waals surface area contributed by atoms with Gasteiger partial charge in [0.15, 0.2) is 0 Å². The van der Waals surface area contributed by atoms with Crippen LogP contribution in [0, 0.1) is 5.92 Å². The lowest BCUT2D eigenvalue weighted by molar-refractivity contribution is 0.222. The Bertz CT molecular complexity index is 393. The number of nitrogens with zero attached hydrogens (tertiary/aromatic N) is 2. The molecule has 112 valence electrons. The molecule has 2 atom stereocenters. The van der Waals surface area contributed by atoms with Gasteiger partial charge in [0.1, 0.15) is 0 Å². The Morgan fingerprint density at radius 1 is 1.32 bits per heavy atom. The molecule has 1 heterocycles. The average molecular weight is 289 g/mol. The lowest BCUT2D eigenvalue weighted by atomic mass is 10.1. The van der Waals surface area contributed by atoms with Crippen molar-refractivity contribution in [2.24, 2.45) is 5.92 Å². The molecule has 0 bridgehead atoms. The highest BCUT2D eigenvalue weighted by Gasteiger charge is 2.40. The Morgan fingerprint density at radius 3 is 2.58 bits per heavy atom. The summed E-state index contributed by atoms with van der Waals surface area (Å²) in [5.74, 6) is 0.562. The molecule has 5 nitrogen and oxygen atoms in total. The highest BCUT2D eigenvalue weighted by atomic mass is 32.2. The molecule has 1 aliphatic carbocycles. The van der Waals surface area contributed by atoms with E-state index in [9.17, 15) is 8.42 Å². The molecule has 2 rings (SSSR count). The summed E-state index contributed by atoms with van der Waals surface area (Å²) >= 11 is 0. The Kier molecular flexibility index (Phi) is 4.87. The molecule has 19 heavy (non-hydrogen) atoms. The van der Waals surface area contributed by atoms with Gasteiger partial charge < -0.3 is 5.32 Å². The van der Waals surface area contributed by atoms with E-state index in [1.165, 1.54) is 12.8 Å². The van der Waals surface area contributed by atoms with E-state index in [2.05, 4.69) is 5.32 Å². The number of hydrogen-bond donors (Lipinski definition) is 1. The summed E-state index contributed by atoms with van der Waals surface area (Å²) < 4.78 is 28.8. The van der Waals surface area contributed by atoms with Gasteiger partial charge in [-0.05, 0) is 45.6 Å². The van der Waals surface area contributed by atoms with Gasteiger partial charge in [0, 0.05) is 32.2 Å². The van der Waals surface area contributed by atoms with Crippen molar-refractivity contribution in [3.8, 4) is 0 Å². The van der Waals surface area contributed by atoms with Crippen LogP contribution < -0.4 is 5.32 Å². The van der Waals surface area contributed by atoms with Crippen LogP contribution in [0.4, 0.5) is 0 Å². The zero-order valence-corrected chi connectivity index (χ0v) is 13.1. The number of rotatable bonds is 6. The summed E-state index contributed by atoms with van der Waals surface area (Å²) in [5.41, 5.74) is 0. The third kappa shape index (κ3) is 3.29. The van der Waals surface area contributed by atoms with E-state index in [4.69, 9.17) is 0 Å². The molecular formula is C13H27N3O2S. The fourth-order valence-corrected chi connectivity index (χ4v) is 4.81. The molecule has 0 spiro atoms. The van der Waals surface area contributed by atoms with Crippen LogP contribution in [0.1, 0.15) is 39.0 Å². The minimum atomic E-state index is -3.31. The van der Waals surface area contributed by atoms with E-state index in [0.29, 0.717) is 12.5 Å². The zero-order chi connectivity index (χ0) is 14.0. The van der Waals surface area contributed by atoms with Crippen LogP contribution in [-0.2, 0) is 10.2 Å². The standard InChI is InChI=1S/C13H27N3O2S/c1-11(12-7-8-12)15(3)19(17,18)16-9-5-4-6-13(16)10-14-2/h11-14H,4-10H2,1-3H3. The highest BCUT2D eigenvalue weighted by Crippen LogP contribution is 2.36. The highest BCUT2D eigenvalue weighted by molar-refractivity contribution is 7.86. The second kappa shape index (κ2) is 6.08. The van der Waals surface area contributed by atoms with Crippen molar-refractivity contribution in [2.45, 2.75) is 51.1 Å². The maximum atomic E-state index is 12.8. The first-order chi connectivity index (χ1) is 8.98. The summed E-state index contributed by atoms with van der Waals surface area (Å²) in [6.45, 7) is 3.44. The molecule has 0 aromatic rings. The topological polar surface area (TPSA) is 52.7 Å². The molecule has 0 amide bonds. The molecule has 1 saturated heterocycles. The van der Waals surface area contributed by atoms with Crippen LogP contribution in [0.2, 0.25) is 0 Å². The Morgan fingerprint density at radius 2 is 2.00 bits per heavy atom. The molecule has 0 aromatic heterocycles. The van der Waals surface area contributed by atoms with Crippen molar-refractivity contribution < 1.29 is 8.42 Å². The van der Waals surface area contributed by atoms with Crippen LogP contribution in [0.3, 0.4) is 0 Å². The maximum Gasteiger partial charge on any atom is 0.282 e. The number of hydrogen-bond acceptors (Lipinski definition) is 3. The summed E-state index contributed by atoms with van der Waals surface area (Å²) in [4.78, 5) is 0. The van der Waals surface area contributed by atoms with Gasteiger partial charge in [-0.1, -0.05) is 6.42 Å². The summed E-state index contributed by atoms with van der Waals surface area (Å²) in [7, 11) is 0.313. The van der Waals surface area contributed by atoms with Crippen molar-refractivity contribution in [3.05, 3.63) is 0 Å². The monoisotopic (exact) mass is 289 g/mol. The SMILES string of the molecule is CNCC1CCCCN1S(=O)(=O)N(C)C(C)C1CC1. The van der Waals surface area contributed by atoms with Gasteiger partial charge in [0.25, 0.3) is 10.2 Å². The van der Waals surface area contributed by atoms with E-state index in [1.54, 1.807) is 15.7 Å². The summed E-state index contributed by atoms with van der Waals surface area (Å²) in [5, 5.41) is 3.12. The Hall–Kier alpha value is -0.170. The average Bonchev–Trinajstić information content (AvgIpc) is 3.22. The minimum Gasteiger partial charge on any atom is -0.318 e. The fourth-order valence-electron chi connectivity index (χ4n) is 2.97. The van der Waals surface area contributed by atoms with E-state index in [-0.39, 0.29) is 12.1 Å². The first kappa shape index (κ1) is 15.2. The van der Waals surface area contributed by atoms with Crippen molar-refractivity contribution >= 4 is 10.2 Å².